The molecule has 4 aromatic heterocycles. The number of carbonyl (C=O) groups is 2. The normalized spacial score (nSPS) is 13.9. The van der Waals surface area contributed by atoms with E-state index in [1.165, 1.54) is 30.5 Å². The van der Waals surface area contributed by atoms with Crippen molar-refractivity contribution >= 4 is 29.0 Å². The van der Waals surface area contributed by atoms with Gasteiger partial charge < -0.3 is 20.7 Å². The predicted octanol–water partition coefficient (Wildman–Crippen LogP) is 5.78. The summed E-state index contributed by atoms with van der Waals surface area (Å²) in [6.45, 7) is 2.40. The first-order valence-electron chi connectivity index (χ1n) is 15.6. The summed E-state index contributed by atoms with van der Waals surface area (Å²) in [6.07, 6.45) is 6.72. The van der Waals surface area contributed by atoms with Crippen molar-refractivity contribution < 1.29 is 19.1 Å². The van der Waals surface area contributed by atoms with Gasteiger partial charge in [0.2, 0.25) is 0 Å². The molecule has 0 aliphatic carbocycles. The Kier molecular flexibility index (Phi) is 8.35. The van der Waals surface area contributed by atoms with Crippen LogP contribution in [0.2, 0.25) is 0 Å². The molecule has 0 spiro atoms. The van der Waals surface area contributed by atoms with Gasteiger partial charge in [-0.2, -0.15) is 0 Å². The molecule has 1 saturated heterocycles. The highest BCUT2D eigenvalue weighted by atomic mass is 19.1. The summed E-state index contributed by atoms with van der Waals surface area (Å²) in [5.74, 6) is -0.392. The third-order valence-electron chi connectivity index (χ3n) is 8.73. The quantitative estimate of drug-likeness (QED) is 0.178. The van der Waals surface area contributed by atoms with E-state index in [1.807, 2.05) is 24.3 Å². The molecular weight excluding hydrogens is 609 g/mol. The lowest BCUT2D eigenvalue weighted by atomic mass is 10.0. The van der Waals surface area contributed by atoms with Crippen LogP contribution in [0.15, 0.2) is 97.5 Å². The van der Waals surface area contributed by atoms with Crippen molar-refractivity contribution in [3.63, 3.8) is 0 Å². The Morgan fingerprint density at radius 2 is 1.79 bits per heavy atom. The number of pyridine rings is 3. The number of likely N-dealkylation sites (tertiary alicyclic amines) is 1. The molecule has 0 unspecified atom stereocenters. The number of nitrogens with two attached hydrogens (primary N) is 1. The van der Waals surface area contributed by atoms with E-state index in [9.17, 15) is 19.1 Å². The Bertz CT molecular complexity index is 2120. The van der Waals surface area contributed by atoms with Gasteiger partial charge in [0.05, 0.1) is 34.2 Å². The van der Waals surface area contributed by atoms with Crippen LogP contribution in [0.5, 0.6) is 5.75 Å². The third-order valence-corrected chi connectivity index (χ3v) is 8.73. The SMILES string of the molecule is Nc1ncccc1-c1cc2ncc(-c3ccc(F)cn3)cc2n1-c1ccc(CN2CCC(NC(=O)c3ccc(O)c(C=O)c3)CC2)cc1. The Labute approximate surface area is 275 Å². The second-order valence-corrected chi connectivity index (χ2v) is 11.9. The first-order valence-corrected chi connectivity index (χ1v) is 15.6. The minimum Gasteiger partial charge on any atom is -0.507 e. The third kappa shape index (κ3) is 6.23. The zero-order valence-corrected chi connectivity index (χ0v) is 25.9. The highest BCUT2D eigenvalue weighted by molar-refractivity contribution is 5.96. The van der Waals surface area contributed by atoms with Gasteiger partial charge in [-0.05, 0) is 85.1 Å². The van der Waals surface area contributed by atoms with Gasteiger partial charge in [0, 0.05) is 60.4 Å². The minimum absolute atomic E-state index is 0.0218. The zero-order valence-electron chi connectivity index (χ0n) is 25.9. The minimum atomic E-state index is -0.401. The molecule has 0 saturated carbocycles. The average Bonchev–Trinajstić information content (AvgIpc) is 3.48. The fourth-order valence-electron chi connectivity index (χ4n) is 6.18. The molecule has 1 amide bonds. The molecule has 2 aromatic carbocycles. The number of hydrogen-bond donors (Lipinski definition) is 3. The average molecular weight is 642 g/mol. The van der Waals surface area contributed by atoms with Gasteiger partial charge in [-0.25, -0.2) is 9.37 Å². The topological polar surface area (TPSA) is 139 Å². The van der Waals surface area contributed by atoms with Crippen LogP contribution >= 0.6 is 0 Å². The van der Waals surface area contributed by atoms with E-state index < -0.39 is 5.82 Å². The van der Waals surface area contributed by atoms with Crippen molar-refractivity contribution in [3.05, 3.63) is 120 Å². The van der Waals surface area contributed by atoms with Crippen molar-refractivity contribution in [1.82, 2.24) is 29.7 Å². The van der Waals surface area contributed by atoms with Crippen LogP contribution < -0.4 is 11.1 Å². The molecule has 5 heterocycles. The molecule has 1 aliphatic heterocycles. The fourth-order valence-corrected chi connectivity index (χ4v) is 6.18. The van der Waals surface area contributed by atoms with E-state index in [-0.39, 0.29) is 23.3 Å². The standard InChI is InChI=1S/C37H32FN7O3/c38-27-6-9-31(42-20-27)25-17-34-32(41-19-25)18-33(30-2-1-13-40-36(30)39)45(34)29-7-3-23(4-8-29)21-44-14-11-28(12-15-44)43-37(48)24-5-10-35(47)26(16-24)22-46/h1-10,13,16-20,22,28,47H,11-12,14-15,21H2,(H2,39,40)(H,43,48). The molecule has 0 atom stereocenters. The molecule has 0 bridgehead atoms. The van der Waals surface area contributed by atoms with Crippen LogP contribution in [0.25, 0.3) is 39.2 Å². The number of nitrogens with zero attached hydrogens (tertiary/aromatic N) is 5. The Morgan fingerprint density at radius 1 is 0.979 bits per heavy atom. The maximum Gasteiger partial charge on any atom is 0.251 e. The molecule has 0 radical (unpaired) electrons. The maximum absolute atomic E-state index is 13.6. The fraction of sp³-hybridized carbons (Fsp3) is 0.162. The van der Waals surface area contributed by atoms with Gasteiger partial charge >= 0.3 is 0 Å². The first kappa shape index (κ1) is 30.7. The summed E-state index contributed by atoms with van der Waals surface area (Å²) in [5, 5.41) is 12.8. The molecule has 4 N–H and O–H groups in total. The predicted molar refractivity (Wildman–Crippen MR) is 181 cm³/mol. The smallest absolute Gasteiger partial charge is 0.251 e. The number of nitrogen functional groups attached to an aromatic ring is 1. The number of benzene rings is 2. The van der Waals surface area contributed by atoms with Crippen LogP contribution in [0, 0.1) is 5.82 Å². The number of amides is 1. The second kappa shape index (κ2) is 13.0. The Hall–Kier alpha value is -5.94. The first-order chi connectivity index (χ1) is 23.4. The molecular formula is C37H32FN7O3. The molecule has 1 aliphatic rings. The number of rotatable bonds is 8. The van der Waals surface area contributed by atoms with E-state index >= 15 is 0 Å². The van der Waals surface area contributed by atoms with Crippen molar-refractivity contribution in [2.75, 3.05) is 18.8 Å². The van der Waals surface area contributed by atoms with E-state index in [0.717, 1.165) is 71.6 Å². The van der Waals surface area contributed by atoms with Crippen LogP contribution in [-0.4, -0.2) is 60.9 Å². The number of aromatic hydroxyl groups is 1. The van der Waals surface area contributed by atoms with Crippen LogP contribution in [-0.2, 0) is 6.54 Å². The lowest BCUT2D eigenvalue weighted by Gasteiger charge is -2.32. The summed E-state index contributed by atoms with van der Waals surface area (Å²) < 4.78 is 15.7. The van der Waals surface area contributed by atoms with E-state index in [2.05, 4.69) is 49.0 Å². The summed E-state index contributed by atoms with van der Waals surface area (Å²) in [6, 6.07) is 23.5. The number of aldehydes is 1. The van der Waals surface area contributed by atoms with Gasteiger partial charge in [-0.3, -0.25) is 24.5 Å². The number of fused-ring (bicyclic) bond motifs is 1. The lowest BCUT2D eigenvalue weighted by molar-refractivity contribution is 0.0909. The molecule has 6 aromatic rings. The van der Waals surface area contributed by atoms with E-state index in [4.69, 9.17) is 10.7 Å². The monoisotopic (exact) mass is 641 g/mol. The van der Waals surface area contributed by atoms with E-state index in [1.54, 1.807) is 18.5 Å². The summed E-state index contributed by atoms with van der Waals surface area (Å²) in [4.78, 5) is 39.5. The van der Waals surface area contributed by atoms with Gasteiger partial charge in [-0.1, -0.05) is 12.1 Å². The summed E-state index contributed by atoms with van der Waals surface area (Å²) in [7, 11) is 0. The van der Waals surface area contributed by atoms with Crippen molar-refractivity contribution in [1.29, 1.82) is 0 Å². The zero-order chi connectivity index (χ0) is 33.2. The number of hydrogen-bond acceptors (Lipinski definition) is 8. The number of aromatic nitrogens is 4. The van der Waals surface area contributed by atoms with Gasteiger partial charge in [0.1, 0.15) is 17.4 Å². The molecule has 11 heteroatoms. The molecule has 240 valence electrons. The van der Waals surface area contributed by atoms with Gasteiger partial charge in [0.15, 0.2) is 6.29 Å². The second-order valence-electron chi connectivity index (χ2n) is 11.9. The number of carbonyl (C=O) groups excluding carboxylic acids is 2. The van der Waals surface area contributed by atoms with E-state index in [0.29, 0.717) is 23.4 Å². The van der Waals surface area contributed by atoms with Crippen LogP contribution in [0.3, 0.4) is 0 Å². The number of halogens is 1. The van der Waals surface area contributed by atoms with Gasteiger partial charge in [-0.15, -0.1) is 0 Å². The Balaban J connectivity index is 1.09. The number of anilines is 1. The lowest BCUT2D eigenvalue weighted by Crippen LogP contribution is -2.44. The molecule has 10 nitrogen and oxygen atoms in total. The Morgan fingerprint density at radius 3 is 2.52 bits per heavy atom. The molecule has 48 heavy (non-hydrogen) atoms. The number of phenols is 1. The molecule has 1 fully saturated rings. The number of nitrogens with one attached hydrogen (secondary N) is 1. The van der Waals surface area contributed by atoms with Crippen molar-refractivity contribution in [2.24, 2.45) is 0 Å². The summed E-state index contributed by atoms with van der Waals surface area (Å²) in [5.41, 5.74) is 13.5. The van der Waals surface area contributed by atoms with Crippen molar-refractivity contribution in [2.45, 2.75) is 25.4 Å². The number of piperidine rings is 1. The summed E-state index contributed by atoms with van der Waals surface area (Å²) >= 11 is 0. The van der Waals surface area contributed by atoms with Crippen molar-refractivity contribution in [3.8, 4) is 34.0 Å². The largest absolute Gasteiger partial charge is 0.507 e. The maximum atomic E-state index is 13.6. The number of phenolic OH excluding ortho intramolecular Hbond substituents is 1. The van der Waals surface area contributed by atoms with Gasteiger partial charge in [0.25, 0.3) is 5.91 Å². The highest BCUT2D eigenvalue weighted by Crippen LogP contribution is 2.34. The highest BCUT2D eigenvalue weighted by Gasteiger charge is 2.22. The van der Waals surface area contributed by atoms with Crippen LogP contribution in [0.4, 0.5) is 10.2 Å². The van der Waals surface area contributed by atoms with Crippen LogP contribution in [0.1, 0.15) is 39.1 Å². The molecule has 7 rings (SSSR count).